The van der Waals surface area contributed by atoms with Crippen molar-refractivity contribution in [2.45, 2.75) is 38.3 Å². The molecule has 122 valence electrons. The third-order valence-corrected chi connectivity index (χ3v) is 5.05. The van der Waals surface area contributed by atoms with Gasteiger partial charge in [-0.3, -0.25) is 14.8 Å². The molecule has 1 saturated carbocycles. The standard InChI is InChI=1S/C18H19N5O/c24-18-13-9-23(8-7-14(13)19-17(20-18)11-5-6-11)10-16-12-3-1-2-4-15(12)21-22-16/h1-4,11H,5-10H2,(H,21,22)(H,19,20,24). The summed E-state index contributed by atoms with van der Waals surface area (Å²) in [4.78, 5) is 22.4. The van der Waals surface area contributed by atoms with E-state index < -0.39 is 0 Å². The van der Waals surface area contributed by atoms with Gasteiger partial charge in [-0.15, -0.1) is 0 Å². The van der Waals surface area contributed by atoms with Crippen LogP contribution in [0, 0.1) is 0 Å². The van der Waals surface area contributed by atoms with Crippen molar-refractivity contribution in [3.8, 4) is 0 Å². The minimum Gasteiger partial charge on any atom is -0.310 e. The Labute approximate surface area is 138 Å². The van der Waals surface area contributed by atoms with Crippen LogP contribution in [0.1, 0.15) is 41.5 Å². The SMILES string of the molecule is O=c1[nH]c(C2CC2)nc2c1CN(Cc1[nH]nc3ccccc13)CC2. The third-order valence-electron chi connectivity index (χ3n) is 5.05. The van der Waals surface area contributed by atoms with E-state index in [1.165, 1.54) is 0 Å². The van der Waals surface area contributed by atoms with Gasteiger partial charge in [0, 0.05) is 37.4 Å². The van der Waals surface area contributed by atoms with E-state index in [2.05, 4.69) is 26.1 Å². The first-order valence-corrected chi connectivity index (χ1v) is 8.54. The van der Waals surface area contributed by atoms with Crippen LogP contribution >= 0.6 is 0 Å². The molecule has 0 saturated heterocycles. The molecule has 6 heteroatoms. The fourth-order valence-electron chi connectivity index (χ4n) is 3.54. The first-order valence-electron chi connectivity index (χ1n) is 8.54. The van der Waals surface area contributed by atoms with Crippen molar-refractivity contribution in [2.24, 2.45) is 0 Å². The summed E-state index contributed by atoms with van der Waals surface area (Å²) in [6.07, 6.45) is 3.15. The lowest BCUT2D eigenvalue weighted by Crippen LogP contribution is -2.35. The Balaban J connectivity index is 1.41. The van der Waals surface area contributed by atoms with E-state index in [0.717, 1.165) is 66.0 Å². The molecule has 24 heavy (non-hydrogen) atoms. The molecule has 0 atom stereocenters. The third kappa shape index (κ3) is 2.34. The summed E-state index contributed by atoms with van der Waals surface area (Å²) >= 11 is 0. The number of nitrogens with zero attached hydrogens (tertiary/aromatic N) is 3. The van der Waals surface area contributed by atoms with Crippen LogP contribution in [0.2, 0.25) is 0 Å². The summed E-state index contributed by atoms with van der Waals surface area (Å²) in [5.74, 6) is 1.38. The molecule has 3 aromatic rings. The van der Waals surface area contributed by atoms with E-state index in [-0.39, 0.29) is 5.56 Å². The lowest BCUT2D eigenvalue weighted by Gasteiger charge is -2.27. The number of hydrogen-bond donors (Lipinski definition) is 2. The predicted octanol–water partition coefficient (Wildman–Crippen LogP) is 2.08. The number of aromatic nitrogens is 4. The first kappa shape index (κ1) is 13.9. The van der Waals surface area contributed by atoms with Crippen LogP contribution in [0.15, 0.2) is 29.1 Å². The Morgan fingerprint density at radius 3 is 3.00 bits per heavy atom. The number of H-pyrrole nitrogens is 2. The van der Waals surface area contributed by atoms with E-state index in [9.17, 15) is 4.79 Å². The van der Waals surface area contributed by atoms with Crippen molar-refractivity contribution in [2.75, 3.05) is 6.54 Å². The summed E-state index contributed by atoms with van der Waals surface area (Å²) in [7, 11) is 0. The van der Waals surface area contributed by atoms with Crippen LogP contribution in [-0.4, -0.2) is 31.6 Å². The fourth-order valence-corrected chi connectivity index (χ4v) is 3.54. The van der Waals surface area contributed by atoms with Crippen molar-refractivity contribution < 1.29 is 0 Å². The van der Waals surface area contributed by atoms with E-state index >= 15 is 0 Å². The maximum absolute atomic E-state index is 12.4. The van der Waals surface area contributed by atoms with E-state index in [1.54, 1.807) is 0 Å². The predicted molar refractivity (Wildman–Crippen MR) is 90.7 cm³/mol. The average Bonchev–Trinajstić information content (AvgIpc) is 3.38. The minimum absolute atomic E-state index is 0.0427. The van der Waals surface area contributed by atoms with Crippen molar-refractivity contribution in [3.63, 3.8) is 0 Å². The number of fused-ring (bicyclic) bond motifs is 2. The summed E-state index contributed by atoms with van der Waals surface area (Å²) in [5, 5.41) is 8.64. The van der Waals surface area contributed by atoms with Crippen molar-refractivity contribution in [3.05, 3.63) is 57.4 Å². The zero-order valence-corrected chi connectivity index (χ0v) is 13.4. The number of nitrogens with one attached hydrogen (secondary N) is 2. The molecule has 0 amide bonds. The van der Waals surface area contributed by atoms with Gasteiger partial charge in [-0.05, 0) is 18.9 Å². The van der Waals surface area contributed by atoms with Gasteiger partial charge in [-0.25, -0.2) is 4.98 Å². The number of aromatic amines is 2. The van der Waals surface area contributed by atoms with Crippen LogP contribution in [0.25, 0.3) is 10.9 Å². The molecule has 1 fully saturated rings. The Bertz CT molecular complexity index is 969. The molecule has 0 unspecified atom stereocenters. The average molecular weight is 321 g/mol. The highest BCUT2D eigenvalue weighted by atomic mass is 16.1. The molecule has 2 N–H and O–H groups in total. The molecular weight excluding hydrogens is 302 g/mol. The number of benzene rings is 1. The largest absolute Gasteiger partial charge is 0.310 e. The Morgan fingerprint density at radius 2 is 2.12 bits per heavy atom. The van der Waals surface area contributed by atoms with E-state index in [4.69, 9.17) is 4.98 Å². The number of para-hydroxylation sites is 1. The molecule has 0 bridgehead atoms. The van der Waals surface area contributed by atoms with E-state index in [1.807, 2.05) is 18.2 Å². The van der Waals surface area contributed by atoms with Crippen LogP contribution in [0.5, 0.6) is 0 Å². The van der Waals surface area contributed by atoms with Crippen LogP contribution < -0.4 is 5.56 Å². The molecule has 1 aliphatic carbocycles. The molecule has 1 aliphatic heterocycles. The molecule has 0 spiro atoms. The van der Waals surface area contributed by atoms with Crippen molar-refractivity contribution in [1.29, 1.82) is 0 Å². The highest BCUT2D eigenvalue weighted by Crippen LogP contribution is 2.37. The van der Waals surface area contributed by atoms with Gasteiger partial charge in [0.15, 0.2) is 0 Å². The van der Waals surface area contributed by atoms with Crippen LogP contribution in [-0.2, 0) is 19.5 Å². The van der Waals surface area contributed by atoms with Gasteiger partial charge < -0.3 is 4.98 Å². The van der Waals surface area contributed by atoms with Gasteiger partial charge in [0.2, 0.25) is 0 Å². The Morgan fingerprint density at radius 1 is 1.25 bits per heavy atom. The normalized spacial score (nSPS) is 18.0. The highest BCUT2D eigenvalue weighted by molar-refractivity contribution is 5.81. The topological polar surface area (TPSA) is 77.7 Å². The molecule has 6 nitrogen and oxygen atoms in total. The second kappa shape index (κ2) is 5.27. The zero-order valence-electron chi connectivity index (χ0n) is 13.4. The highest BCUT2D eigenvalue weighted by Gasteiger charge is 2.29. The van der Waals surface area contributed by atoms with Gasteiger partial charge in [0.25, 0.3) is 5.56 Å². The van der Waals surface area contributed by atoms with Gasteiger partial charge in [0.05, 0.1) is 22.5 Å². The molecule has 2 aromatic heterocycles. The van der Waals surface area contributed by atoms with Crippen LogP contribution in [0.3, 0.4) is 0 Å². The second-order valence-electron chi connectivity index (χ2n) is 6.83. The van der Waals surface area contributed by atoms with E-state index in [0.29, 0.717) is 12.5 Å². The maximum Gasteiger partial charge on any atom is 0.255 e. The molecule has 1 aromatic carbocycles. The molecule has 5 rings (SSSR count). The molecular formula is C18H19N5O. The van der Waals surface area contributed by atoms with Gasteiger partial charge >= 0.3 is 0 Å². The van der Waals surface area contributed by atoms with Crippen LogP contribution in [0.4, 0.5) is 0 Å². The number of hydrogen-bond acceptors (Lipinski definition) is 4. The Kier molecular flexibility index (Phi) is 3.06. The maximum atomic E-state index is 12.4. The molecule has 0 radical (unpaired) electrons. The van der Waals surface area contributed by atoms with Crippen molar-refractivity contribution >= 4 is 10.9 Å². The quantitative estimate of drug-likeness (QED) is 0.774. The smallest absolute Gasteiger partial charge is 0.255 e. The number of rotatable bonds is 3. The minimum atomic E-state index is 0.0427. The van der Waals surface area contributed by atoms with Gasteiger partial charge in [0.1, 0.15) is 5.82 Å². The first-order chi connectivity index (χ1) is 11.8. The molecule has 3 heterocycles. The summed E-state index contributed by atoms with van der Waals surface area (Å²) in [6, 6.07) is 8.12. The second-order valence-corrected chi connectivity index (χ2v) is 6.83. The monoisotopic (exact) mass is 321 g/mol. The summed E-state index contributed by atoms with van der Waals surface area (Å²) in [6.45, 7) is 2.33. The Hall–Kier alpha value is -2.47. The van der Waals surface area contributed by atoms with Gasteiger partial charge in [-0.2, -0.15) is 5.10 Å². The summed E-state index contributed by atoms with van der Waals surface area (Å²) < 4.78 is 0. The zero-order chi connectivity index (χ0) is 16.1. The lowest BCUT2D eigenvalue weighted by molar-refractivity contribution is 0.239. The molecule has 2 aliphatic rings. The lowest BCUT2D eigenvalue weighted by atomic mass is 10.1. The summed E-state index contributed by atoms with van der Waals surface area (Å²) in [5.41, 5.74) is 3.95. The van der Waals surface area contributed by atoms with Crippen molar-refractivity contribution in [1.82, 2.24) is 25.1 Å². The van der Waals surface area contributed by atoms with Gasteiger partial charge in [-0.1, -0.05) is 18.2 Å². The fraction of sp³-hybridized carbons (Fsp3) is 0.389.